The molecule has 18 heavy (non-hydrogen) atoms. The minimum absolute atomic E-state index is 0.249. The molecule has 0 N–H and O–H groups in total. The van der Waals surface area contributed by atoms with E-state index >= 15 is 0 Å². The Morgan fingerprint density at radius 2 is 2.11 bits per heavy atom. The topological polar surface area (TPSA) is 43.2 Å². The van der Waals surface area contributed by atoms with E-state index in [2.05, 4.69) is 34.9 Å². The normalized spacial score (nSPS) is 17.1. The molecule has 4 heteroatoms. The first-order valence-corrected chi connectivity index (χ1v) is 6.33. The van der Waals surface area contributed by atoms with Crippen LogP contribution in [0.25, 0.3) is 0 Å². The van der Waals surface area contributed by atoms with E-state index in [-0.39, 0.29) is 5.54 Å². The molecule has 0 aliphatic heterocycles. The van der Waals surface area contributed by atoms with Crippen molar-refractivity contribution in [3.05, 3.63) is 23.9 Å². The molecule has 0 saturated heterocycles. The smallest absolute Gasteiger partial charge is 0.146 e. The molecule has 1 fully saturated rings. The lowest BCUT2D eigenvalue weighted by Crippen LogP contribution is -2.57. The Hall–Kier alpha value is -1.60. The van der Waals surface area contributed by atoms with Gasteiger partial charge in [0.05, 0.1) is 5.56 Å². The average Bonchev–Trinajstić information content (AvgIpc) is 2.33. The summed E-state index contributed by atoms with van der Waals surface area (Å²) in [5.74, 6) is 0.785. The minimum atomic E-state index is 0.249. The second-order valence-corrected chi connectivity index (χ2v) is 5.31. The number of nitrogens with zero attached hydrogens (tertiary/aromatic N) is 4. The van der Waals surface area contributed by atoms with Crippen molar-refractivity contribution >= 4 is 5.82 Å². The summed E-state index contributed by atoms with van der Waals surface area (Å²) >= 11 is 0. The molecular formula is C14H20N4. The zero-order valence-corrected chi connectivity index (χ0v) is 11.3. The number of nitriles is 1. The third-order valence-corrected chi connectivity index (χ3v) is 4.03. The molecular weight excluding hydrogens is 224 g/mol. The second-order valence-electron chi connectivity index (χ2n) is 5.31. The van der Waals surface area contributed by atoms with Crippen molar-refractivity contribution in [3.8, 4) is 6.07 Å². The van der Waals surface area contributed by atoms with Crippen LogP contribution < -0.4 is 4.90 Å². The molecule has 4 nitrogen and oxygen atoms in total. The summed E-state index contributed by atoms with van der Waals surface area (Å²) in [6, 6.07) is 5.84. The molecule has 0 spiro atoms. The quantitative estimate of drug-likeness (QED) is 0.811. The van der Waals surface area contributed by atoms with Crippen LogP contribution in [0.3, 0.4) is 0 Å². The lowest BCUT2D eigenvalue weighted by molar-refractivity contribution is 0.0682. The van der Waals surface area contributed by atoms with Crippen LogP contribution in [0.1, 0.15) is 24.8 Å². The standard InChI is InChI=1S/C14H20N4/c1-17(2)14(7-5-8-14)11-18(3)13-12(10-15)6-4-9-16-13/h4,6,9H,5,7-8,11H2,1-3H3. The van der Waals surface area contributed by atoms with Crippen molar-refractivity contribution < 1.29 is 0 Å². The molecule has 1 aromatic heterocycles. The maximum Gasteiger partial charge on any atom is 0.146 e. The largest absolute Gasteiger partial charge is 0.357 e. The van der Waals surface area contributed by atoms with Gasteiger partial charge in [0.25, 0.3) is 0 Å². The van der Waals surface area contributed by atoms with Gasteiger partial charge in [0.2, 0.25) is 0 Å². The molecule has 1 saturated carbocycles. The van der Waals surface area contributed by atoms with Gasteiger partial charge in [-0.05, 0) is 45.5 Å². The highest BCUT2D eigenvalue weighted by atomic mass is 15.2. The molecule has 0 bridgehead atoms. The van der Waals surface area contributed by atoms with Gasteiger partial charge in [-0.25, -0.2) is 4.98 Å². The second kappa shape index (κ2) is 4.95. The molecule has 1 aliphatic carbocycles. The Bertz CT molecular complexity index is 457. The van der Waals surface area contributed by atoms with Gasteiger partial charge in [-0.15, -0.1) is 0 Å². The fourth-order valence-corrected chi connectivity index (χ4v) is 2.64. The van der Waals surface area contributed by atoms with Gasteiger partial charge in [0.15, 0.2) is 0 Å². The summed E-state index contributed by atoms with van der Waals surface area (Å²) in [5.41, 5.74) is 0.896. The van der Waals surface area contributed by atoms with Crippen molar-refractivity contribution in [2.24, 2.45) is 0 Å². The molecule has 0 radical (unpaired) electrons. The minimum Gasteiger partial charge on any atom is -0.357 e. The molecule has 1 aromatic rings. The fraction of sp³-hybridized carbons (Fsp3) is 0.571. The number of aromatic nitrogens is 1. The summed E-state index contributed by atoms with van der Waals surface area (Å²) in [5, 5.41) is 9.12. The molecule has 96 valence electrons. The van der Waals surface area contributed by atoms with Crippen LogP contribution in [-0.4, -0.2) is 43.1 Å². The van der Waals surface area contributed by atoms with Gasteiger partial charge in [-0.3, -0.25) is 0 Å². The van der Waals surface area contributed by atoms with Crippen molar-refractivity contribution in [1.82, 2.24) is 9.88 Å². The van der Waals surface area contributed by atoms with Crippen LogP contribution in [0.15, 0.2) is 18.3 Å². The van der Waals surface area contributed by atoms with Crippen molar-refractivity contribution in [3.63, 3.8) is 0 Å². The maximum absolute atomic E-state index is 9.12. The highest BCUT2D eigenvalue weighted by Gasteiger charge is 2.40. The third kappa shape index (κ3) is 2.19. The first-order valence-electron chi connectivity index (χ1n) is 6.33. The lowest BCUT2D eigenvalue weighted by atomic mass is 9.75. The summed E-state index contributed by atoms with van der Waals surface area (Å²) in [7, 11) is 6.29. The van der Waals surface area contributed by atoms with Gasteiger partial charge >= 0.3 is 0 Å². The predicted molar refractivity (Wildman–Crippen MR) is 72.5 cm³/mol. The van der Waals surface area contributed by atoms with Crippen LogP contribution in [0.4, 0.5) is 5.82 Å². The fourth-order valence-electron chi connectivity index (χ4n) is 2.64. The third-order valence-electron chi connectivity index (χ3n) is 4.03. The number of pyridine rings is 1. The Balaban J connectivity index is 2.17. The van der Waals surface area contributed by atoms with Crippen molar-refractivity contribution in [2.45, 2.75) is 24.8 Å². The van der Waals surface area contributed by atoms with Crippen molar-refractivity contribution in [1.29, 1.82) is 5.26 Å². The molecule has 0 aromatic carbocycles. The monoisotopic (exact) mass is 244 g/mol. The van der Waals surface area contributed by atoms with Crippen molar-refractivity contribution in [2.75, 3.05) is 32.6 Å². The number of rotatable bonds is 4. The Morgan fingerprint density at radius 1 is 1.39 bits per heavy atom. The Kier molecular flexibility index (Phi) is 3.53. The average molecular weight is 244 g/mol. The first kappa shape index (κ1) is 12.8. The van der Waals surface area contributed by atoms with E-state index in [0.717, 1.165) is 12.4 Å². The summed E-state index contributed by atoms with van der Waals surface area (Å²) in [6.45, 7) is 0.922. The zero-order chi connectivity index (χ0) is 13.2. The van der Waals surface area contributed by atoms with E-state index in [9.17, 15) is 0 Å². The van der Waals surface area contributed by atoms with E-state index < -0.39 is 0 Å². The van der Waals surface area contributed by atoms with Gasteiger partial charge in [0, 0.05) is 25.3 Å². The lowest BCUT2D eigenvalue weighted by Gasteiger charge is -2.49. The summed E-state index contributed by atoms with van der Waals surface area (Å²) in [6.07, 6.45) is 5.48. The summed E-state index contributed by atoms with van der Waals surface area (Å²) in [4.78, 5) is 8.75. The van der Waals surface area contributed by atoms with Gasteiger partial charge in [-0.1, -0.05) is 0 Å². The predicted octanol–water partition coefficient (Wildman–Crippen LogP) is 1.87. The molecule has 1 heterocycles. The molecule has 2 rings (SSSR count). The van der Waals surface area contributed by atoms with E-state index in [1.165, 1.54) is 19.3 Å². The first-order chi connectivity index (χ1) is 8.59. The highest BCUT2D eigenvalue weighted by Crippen LogP contribution is 2.37. The van der Waals surface area contributed by atoms with E-state index in [0.29, 0.717) is 5.56 Å². The molecule has 1 aliphatic rings. The van der Waals surface area contributed by atoms with Gasteiger partial charge < -0.3 is 9.80 Å². The number of likely N-dealkylation sites (N-methyl/N-ethyl adjacent to an activating group) is 2. The Morgan fingerprint density at radius 3 is 2.61 bits per heavy atom. The van der Waals surface area contributed by atoms with Crippen LogP contribution >= 0.6 is 0 Å². The summed E-state index contributed by atoms with van der Waals surface area (Å²) < 4.78 is 0. The zero-order valence-electron chi connectivity index (χ0n) is 11.3. The van der Waals surface area contributed by atoms with Gasteiger partial charge in [-0.2, -0.15) is 5.26 Å². The SMILES string of the molecule is CN(CC1(N(C)C)CCC1)c1ncccc1C#N. The van der Waals surface area contributed by atoms with E-state index in [4.69, 9.17) is 5.26 Å². The molecule has 0 unspecified atom stereocenters. The maximum atomic E-state index is 9.12. The van der Waals surface area contributed by atoms with E-state index in [1.54, 1.807) is 12.3 Å². The van der Waals surface area contributed by atoms with Crippen LogP contribution in [0.5, 0.6) is 0 Å². The van der Waals surface area contributed by atoms with Crippen LogP contribution in [0.2, 0.25) is 0 Å². The van der Waals surface area contributed by atoms with Gasteiger partial charge in [0.1, 0.15) is 11.9 Å². The number of hydrogen-bond donors (Lipinski definition) is 0. The van der Waals surface area contributed by atoms with E-state index in [1.807, 2.05) is 13.1 Å². The Labute approximate surface area is 109 Å². The highest BCUT2D eigenvalue weighted by molar-refractivity contribution is 5.53. The van der Waals surface area contributed by atoms with Crippen LogP contribution in [-0.2, 0) is 0 Å². The number of anilines is 1. The van der Waals surface area contributed by atoms with Crippen LogP contribution in [0, 0.1) is 11.3 Å². The molecule has 0 amide bonds. The molecule has 0 atom stereocenters. The number of hydrogen-bond acceptors (Lipinski definition) is 4.